The predicted molar refractivity (Wildman–Crippen MR) is 85.7 cm³/mol. The van der Waals surface area contributed by atoms with Crippen LogP contribution < -0.4 is 4.74 Å². The van der Waals surface area contributed by atoms with Gasteiger partial charge in [-0.3, -0.25) is 0 Å². The summed E-state index contributed by atoms with van der Waals surface area (Å²) in [4.78, 5) is 0. The van der Waals surface area contributed by atoms with E-state index >= 15 is 0 Å². The first kappa shape index (κ1) is 15.9. The molecule has 0 heterocycles. The Hall–Kier alpha value is -2.49. The molecule has 0 fully saturated rings. The first-order chi connectivity index (χ1) is 10.7. The largest absolute Gasteiger partial charge is 0.494 e. The van der Waals surface area contributed by atoms with Gasteiger partial charge < -0.3 is 4.74 Å². The molecule has 1 unspecified atom stereocenters. The third-order valence-electron chi connectivity index (χ3n) is 3.32. The molecule has 0 radical (unpaired) electrons. The number of ether oxygens (including phenoxy) is 1. The predicted octanol–water partition coefficient (Wildman–Crippen LogP) is 4.68. The molecule has 0 N–H and O–H groups in total. The van der Waals surface area contributed by atoms with Crippen molar-refractivity contribution in [1.29, 1.82) is 10.5 Å². The quantitative estimate of drug-likeness (QED) is 0.728. The SMILES string of the molecule is N#Cc1ccc(C(C#N)CCCOc2ccc(Cl)cc2)cc1. The summed E-state index contributed by atoms with van der Waals surface area (Å²) in [5, 5.41) is 18.7. The lowest BCUT2D eigenvalue weighted by molar-refractivity contribution is 0.305. The average molecular weight is 311 g/mol. The van der Waals surface area contributed by atoms with E-state index in [4.69, 9.17) is 21.6 Å². The van der Waals surface area contributed by atoms with Crippen molar-refractivity contribution in [3.63, 3.8) is 0 Å². The Bertz CT molecular complexity index is 681. The monoisotopic (exact) mass is 310 g/mol. The number of nitriles is 2. The Morgan fingerprint density at radius 1 is 1.00 bits per heavy atom. The fourth-order valence-corrected chi connectivity index (χ4v) is 2.23. The Morgan fingerprint density at radius 2 is 1.68 bits per heavy atom. The van der Waals surface area contributed by atoms with Crippen LogP contribution in [0.3, 0.4) is 0 Å². The number of hydrogen-bond donors (Lipinski definition) is 0. The van der Waals surface area contributed by atoms with E-state index in [9.17, 15) is 5.26 Å². The van der Waals surface area contributed by atoms with Gasteiger partial charge in [0.25, 0.3) is 0 Å². The van der Waals surface area contributed by atoms with Crippen LogP contribution in [0.25, 0.3) is 0 Å². The molecule has 22 heavy (non-hydrogen) atoms. The number of hydrogen-bond acceptors (Lipinski definition) is 3. The summed E-state index contributed by atoms with van der Waals surface area (Å²) in [5.41, 5.74) is 1.54. The molecule has 0 aliphatic heterocycles. The first-order valence-electron chi connectivity index (χ1n) is 7.01. The zero-order chi connectivity index (χ0) is 15.8. The topological polar surface area (TPSA) is 56.8 Å². The van der Waals surface area contributed by atoms with Crippen LogP contribution in [-0.4, -0.2) is 6.61 Å². The van der Waals surface area contributed by atoms with E-state index in [1.54, 1.807) is 24.3 Å². The highest BCUT2D eigenvalue weighted by molar-refractivity contribution is 6.30. The van der Waals surface area contributed by atoms with Gasteiger partial charge in [-0.05, 0) is 54.8 Å². The minimum Gasteiger partial charge on any atom is -0.494 e. The van der Waals surface area contributed by atoms with Crippen molar-refractivity contribution >= 4 is 11.6 Å². The summed E-state index contributed by atoms with van der Waals surface area (Å²) >= 11 is 5.81. The van der Waals surface area contributed by atoms with Crippen molar-refractivity contribution in [2.75, 3.05) is 6.61 Å². The molecule has 2 rings (SSSR count). The zero-order valence-corrected chi connectivity index (χ0v) is 12.8. The van der Waals surface area contributed by atoms with Crippen molar-refractivity contribution < 1.29 is 4.74 Å². The molecule has 2 aromatic rings. The van der Waals surface area contributed by atoms with Crippen LogP contribution in [0, 0.1) is 22.7 Å². The molecule has 3 nitrogen and oxygen atoms in total. The maximum absolute atomic E-state index is 9.28. The van der Waals surface area contributed by atoms with Crippen molar-refractivity contribution in [1.82, 2.24) is 0 Å². The van der Waals surface area contributed by atoms with Crippen molar-refractivity contribution in [2.24, 2.45) is 0 Å². The van der Waals surface area contributed by atoms with Gasteiger partial charge in [0.1, 0.15) is 5.75 Å². The summed E-state index contributed by atoms with van der Waals surface area (Å²) < 4.78 is 5.62. The van der Waals surface area contributed by atoms with Crippen molar-refractivity contribution in [3.8, 4) is 17.9 Å². The molecule has 0 bridgehead atoms. The Labute approximate surface area is 135 Å². The Kier molecular flexibility index (Phi) is 5.83. The third kappa shape index (κ3) is 4.52. The lowest BCUT2D eigenvalue weighted by Crippen LogP contribution is -2.02. The fourth-order valence-electron chi connectivity index (χ4n) is 2.10. The van der Waals surface area contributed by atoms with Crippen LogP contribution in [0.15, 0.2) is 48.5 Å². The summed E-state index contributed by atoms with van der Waals surface area (Å²) in [7, 11) is 0. The van der Waals surface area contributed by atoms with E-state index in [-0.39, 0.29) is 5.92 Å². The van der Waals surface area contributed by atoms with Gasteiger partial charge in [0.2, 0.25) is 0 Å². The van der Waals surface area contributed by atoms with Crippen LogP contribution in [0.5, 0.6) is 5.75 Å². The molecule has 0 spiro atoms. The lowest BCUT2D eigenvalue weighted by atomic mass is 9.95. The molecule has 0 amide bonds. The van der Waals surface area contributed by atoms with E-state index in [0.717, 1.165) is 24.2 Å². The number of benzene rings is 2. The highest BCUT2D eigenvalue weighted by Gasteiger charge is 2.10. The van der Waals surface area contributed by atoms with E-state index in [0.29, 0.717) is 17.2 Å². The van der Waals surface area contributed by atoms with Gasteiger partial charge in [0.15, 0.2) is 0 Å². The number of nitrogens with zero attached hydrogens (tertiary/aromatic N) is 2. The maximum Gasteiger partial charge on any atom is 0.119 e. The van der Waals surface area contributed by atoms with Crippen LogP contribution >= 0.6 is 11.6 Å². The second kappa shape index (κ2) is 8.08. The second-order valence-corrected chi connectivity index (χ2v) is 5.30. The molecule has 0 saturated carbocycles. The molecule has 0 saturated heterocycles. The van der Waals surface area contributed by atoms with Gasteiger partial charge in [-0.25, -0.2) is 0 Å². The third-order valence-corrected chi connectivity index (χ3v) is 3.57. The van der Waals surface area contributed by atoms with Crippen LogP contribution in [0.4, 0.5) is 0 Å². The summed E-state index contributed by atoms with van der Waals surface area (Å²) in [5.74, 6) is 0.595. The Balaban J connectivity index is 1.82. The molecule has 110 valence electrons. The molecular weight excluding hydrogens is 296 g/mol. The lowest BCUT2D eigenvalue weighted by Gasteiger charge is -2.10. The van der Waals surface area contributed by atoms with Crippen molar-refractivity contribution in [3.05, 3.63) is 64.7 Å². The van der Waals surface area contributed by atoms with Gasteiger partial charge in [-0.1, -0.05) is 23.7 Å². The molecule has 4 heteroatoms. The molecule has 0 aromatic heterocycles. The van der Waals surface area contributed by atoms with Gasteiger partial charge in [-0.2, -0.15) is 10.5 Å². The normalized spacial score (nSPS) is 11.2. The number of halogens is 1. The van der Waals surface area contributed by atoms with Crippen molar-refractivity contribution in [2.45, 2.75) is 18.8 Å². The van der Waals surface area contributed by atoms with E-state index in [2.05, 4.69) is 12.1 Å². The second-order valence-electron chi connectivity index (χ2n) is 4.86. The highest BCUT2D eigenvalue weighted by Crippen LogP contribution is 2.21. The van der Waals surface area contributed by atoms with E-state index in [1.165, 1.54) is 0 Å². The fraction of sp³-hybridized carbons (Fsp3) is 0.222. The minimum atomic E-state index is -0.179. The number of rotatable bonds is 6. The van der Waals surface area contributed by atoms with E-state index in [1.807, 2.05) is 24.3 Å². The average Bonchev–Trinajstić information content (AvgIpc) is 2.57. The van der Waals surface area contributed by atoms with Gasteiger partial charge in [0.05, 0.1) is 30.2 Å². The standard InChI is InChI=1S/C18H15ClN2O/c19-17-7-9-18(10-8-17)22-11-1-2-16(13-21)15-5-3-14(12-20)4-6-15/h3-10,16H,1-2,11H2. The zero-order valence-electron chi connectivity index (χ0n) is 12.0. The van der Waals surface area contributed by atoms with Gasteiger partial charge >= 0.3 is 0 Å². The maximum atomic E-state index is 9.28. The van der Waals surface area contributed by atoms with Crippen LogP contribution in [0.2, 0.25) is 5.02 Å². The van der Waals surface area contributed by atoms with Crippen LogP contribution in [0.1, 0.15) is 29.9 Å². The molecule has 1 atom stereocenters. The minimum absolute atomic E-state index is 0.179. The summed E-state index contributed by atoms with van der Waals surface area (Å²) in [6.07, 6.45) is 1.50. The molecular formula is C18H15ClN2O. The molecule has 0 aliphatic carbocycles. The first-order valence-corrected chi connectivity index (χ1v) is 7.39. The highest BCUT2D eigenvalue weighted by atomic mass is 35.5. The van der Waals surface area contributed by atoms with Crippen LogP contribution in [-0.2, 0) is 0 Å². The summed E-state index contributed by atoms with van der Waals surface area (Å²) in [6.45, 7) is 0.552. The molecule has 2 aromatic carbocycles. The smallest absolute Gasteiger partial charge is 0.119 e. The molecule has 0 aliphatic rings. The Morgan fingerprint density at radius 3 is 2.27 bits per heavy atom. The summed E-state index contributed by atoms with van der Waals surface area (Å²) in [6, 6.07) is 18.8. The van der Waals surface area contributed by atoms with Gasteiger partial charge in [0, 0.05) is 5.02 Å². The van der Waals surface area contributed by atoms with Gasteiger partial charge in [-0.15, -0.1) is 0 Å². The van der Waals surface area contributed by atoms with E-state index < -0.39 is 0 Å².